The van der Waals surface area contributed by atoms with E-state index in [2.05, 4.69) is 63.6 Å². The van der Waals surface area contributed by atoms with Gasteiger partial charge in [-0.25, -0.2) is 4.98 Å². The lowest BCUT2D eigenvalue weighted by Crippen LogP contribution is -2.39. The third kappa shape index (κ3) is 3.42. The average Bonchev–Trinajstić information content (AvgIpc) is 3.21. The summed E-state index contributed by atoms with van der Waals surface area (Å²) in [7, 11) is 4.14. The number of aryl methyl sites for hydroxylation is 2. The highest BCUT2D eigenvalue weighted by atomic mass is 16.5. The number of benzene rings is 1. The smallest absolute Gasteiger partial charge is 0.129 e. The molecule has 1 saturated heterocycles. The van der Waals surface area contributed by atoms with Crippen LogP contribution < -0.4 is 4.74 Å². The molecule has 0 bridgehead atoms. The van der Waals surface area contributed by atoms with Gasteiger partial charge in [0.15, 0.2) is 0 Å². The number of ether oxygens (including phenoxy) is 1. The van der Waals surface area contributed by atoms with Gasteiger partial charge in [0.1, 0.15) is 11.9 Å². The van der Waals surface area contributed by atoms with E-state index < -0.39 is 0 Å². The van der Waals surface area contributed by atoms with Crippen LogP contribution in [0.5, 0.6) is 5.75 Å². The molecule has 1 aromatic carbocycles. The van der Waals surface area contributed by atoms with Crippen LogP contribution >= 0.6 is 0 Å². The van der Waals surface area contributed by atoms with Crippen molar-refractivity contribution in [3.63, 3.8) is 0 Å². The molecule has 3 heterocycles. The van der Waals surface area contributed by atoms with E-state index in [-0.39, 0.29) is 0 Å². The van der Waals surface area contributed by atoms with Gasteiger partial charge in [-0.1, -0.05) is 6.07 Å². The van der Waals surface area contributed by atoms with Crippen LogP contribution in [-0.2, 0) is 20.5 Å². The lowest BCUT2D eigenvalue weighted by Gasteiger charge is -2.32. The van der Waals surface area contributed by atoms with E-state index in [0.29, 0.717) is 6.10 Å². The minimum absolute atomic E-state index is 0.318. The number of fused-ring (bicyclic) bond motifs is 1. The van der Waals surface area contributed by atoms with Crippen molar-refractivity contribution in [2.24, 2.45) is 14.1 Å². The highest BCUT2D eigenvalue weighted by Crippen LogP contribution is 2.28. The Balaban J connectivity index is 1.32. The van der Waals surface area contributed by atoms with Gasteiger partial charge in [0.25, 0.3) is 0 Å². The molecule has 0 saturated carbocycles. The summed E-state index contributed by atoms with van der Waals surface area (Å²) in [5.74, 6) is 1.02. The second-order valence-electron chi connectivity index (χ2n) is 7.02. The van der Waals surface area contributed by atoms with E-state index in [9.17, 15) is 0 Å². The summed E-state index contributed by atoms with van der Waals surface area (Å²) in [5.41, 5.74) is 2.53. The van der Waals surface area contributed by atoms with Crippen LogP contribution in [0, 0.1) is 0 Å². The Morgan fingerprint density at radius 3 is 2.72 bits per heavy atom. The Morgan fingerprint density at radius 1 is 1.12 bits per heavy atom. The van der Waals surface area contributed by atoms with E-state index in [4.69, 9.17) is 4.74 Å². The minimum Gasteiger partial charge on any atom is -0.490 e. The van der Waals surface area contributed by atoms with Gasteiger partial charge in [0.2, 0.25) is 0 Å². The number of hydrogen-bond acceptors (Lipinski definition) is 3. The molecule has 5 nitrogen and oxygen atoms in total. The van der Waals surface area contributed by atoms with Crippen molar-refractivity contribution in [3.05, 3.63) is 48.7 Å². The highest BCUT2D eigenvalue weighted by molar-refractivity contribution is 5.86. The number of imidazole rings is 1. The molecule has 0 radical (unpaired) electrons. The van der Waals surface area contributed by atoms with Crippen LogP contribution in [-0.4, -0.2) is 44.8 Å². The van der Waals surface area contributed by atoms with E-state index in [1.807, 2.05) is 12.5 Å². The van der Waals surface area contributed by atoms with Crippen LogP contribution in [0.2, 0.25) is 0 Å². The van der Waals surface area contributed by atoms with Gasteiger partial charge < -0.3 is 18.8 Å². The average molecular weight is 338 g/mol. The molecule has 0 spiro atoms. The Bertz CT molecular complexity index is 842. The molecule has 0 aliphatic carbocycles. The van der Waals surface area contributed by atoms with E-state index in [1.54, 1.807) is 0 Å². The predicted molar refractivity (Wildman–Crippen MR) is 99.9 cm³/mol. The van der Waals surface area contributed by atoms with Crippen LogP contribution in [0.1, 0.15) is 18.5 Å². The molecule has 0 N–H and O–H groups in total. The second kappa shape index (κ2) is 6.92. The molecule has 3 aromatic rings. The molecule has 132 valence electrons. The van der Waals surface area contributed by atoms with Gasteiger partial charge in [0, 0.05) is 63.6 Å². The van der Waals surface area contributed by atoms with E-state index in [0.717, 1.165) is 44.6 Å². The number of rotatable bonds is 5. The highest BCUT2D eigenvalue weighted by Gasteiger charge is 2.21. The number of likely N-dealkylation sites (tertiary alicyclic amines) is 1. The topological polar surface area (TPSA) is 35.2 Å². The number of piperidine rings is 1. The summed E-state index contributed by atoms with van der Waals surface area (Å²) >= 11 is 0. The lowest BCUT2D eigenvalue weighted by molar-refractivity contribution is 0.102. The van der Waals surface area contributed by atoms with Gasteiger partial charge >= 0.3 is 0 Å². The van der Waals surface area contributed by atoms with E-state index in [1.165, 1.54) is 16.6 Å². The summed E-state index contributed by atoms with van der Waals surface area (Å²) in [5, 5.41) is 1.21. The normalized spacial score (nSPS) is 16.6. The summed E-state index contributed by atoms with van der Waals surface area (Å²) in [6.07, 6.45) is 9.50. The number of nitrogens with zero attached hydrogens (tertiary/aromatic N) is 4. The maximum atomic E-state index is 6.35. The minimum atomic E-state index is 0.318. The molecule has 2 aromatic heterocycles. The number of aromatic nitrogens is 3. The first-order valence-electron chi connectivity index (χ1n) is 9.09. The molecule has 5 heteroatoms. The van der Waals surface area contributed by atoms with Crippen LogP contribution in [0.25, 0.3) is 10.9 Å². The molecule has 1 aliphatic rings. The van der Waals surface area contributed by atoms with Crippen LogP contribution in [0.3, 0.4) is 0 Å². The fourth-order valence-corrected chi connectivity index (χ4v) is 3.71. The molecule has 25 heavy (non-hydrogen) atoms. The summed E-state index contributed by atoms with van der Waals surface area (Å²) in [6.45, 7) is 3.31. The zero-order valence-corrected chi connectivity index (χ0v) is 15.1. The Hall–Kier alpha value is -2.27. The predicted octanol–water partition coefficient (Wildman–Crippen LogP) is 3.00. The monoisotopic (exact) mass is 338 g/mol. The quantitative estimate of drug-likeness (QED) is 0.717. The van der Waals surface area contributed by atoms with Gasteiger partial charge in [-0.2, -0.15) is 0 Å². The molecule has 1 aliphatic heterocycles. The van der Waals surface area contributed by atoms with Crippen LogP contribution in [0.15, 0.2) is 43.0 Å². The SMILES string of the molecule is Cn1cncc1CCN1CCC(Oc2cccc3c2ccn3C)CC1. The molecule has 4 rings (SSSR count). The zero-order valence-electron chi connectivity index (χ0n) is 15.1. The number of hydrogen-bond donors (Lipinski definition) is 0. The van der Waals surface area contributed by atoms with Crippen molar-refractivity contribution in [2.75, 3.05) is 19.6 Å². The Morgan fingerprint density at radius 2 is 1.96 bits per heavy atom. The molecule has 0 amide bonds. The first-order chi connectivity index (χ1) is 12.2. The second-order valence-corrected chi connectivity index (χ2v) is 7.02. The fraction of sp³-hybridized carbons (Fsp3) is 0.450. The maximum absolute atomic E-state index is 6.35. The van der Waals surface area contributed by atoms with Gasteiger partial charge in [0.05, 0.1) is 11.8 Å². The summed E-state index contributed by atoms with van der Waals surface area (Å²) in [6, 6.07) is 8.47. The first kappa shape index (κ1) is 16.2. The molecule has 1 fully saturated rings. The van der Waals surface area contributed by atoms with Crippen molar-refractivity contribution in [2.45, 2.75) is 25.4 Å². The molecular weight excluding hydrogens is 312 g/mol. The molecule has 0 atom stereocenters. The fourth-order valence-electron chi connectivity index (χ4n) is 3.71. The lowest BCUT2D eigenvalue weighted by atomic mass is 10.1. The zero-order chi connectivity index (χ0) is 17.2. The summed E-state index contributed by atoms with van der Waals surface area (Å²) in [4.78, 5) is 6.73. The third-order valence-electron chi connectivity index (χ3n) is 5.32. The standard InChI is InChI=1S/C20H26N4O/c1-22-10-9-18-19(22)4-3-5-20(18)25-17-7-12-24(13-8-17)11-6-16-14-21-15-23(16)2/h3-5,9-10,14-15,17H,6-8,11-13H2,1-2H3. The largest absolute Gasteiger partial charge is 0.490 e. The molecular formula is C20H26N4O. The van der Waals surface area contributed by atoms with Crippen molar-refractivity contribution in [1.82, 2.24) is 19.0 Å². The third-order valence-corrected chi connectivity index (χ3v) is 5.32. The van der Waals surface area contributed by atoms with Crippen molar-refractivity contribution in [1.29, 1.82) is 0 Å². The van der Waals surface area contributed by atoms with Crippen LogP contribution in [0.4, 0.5) is 0 Å². The first-order valence-corrected chi connectivity index (χ1v) is 9.09. The van der Waals surface area contributed by atoms with Gasteiger partial charge in [-0.15, -0.1) is 0 Å². The van der Waals surface area contributed by atoms with Crippen molar-refractivity contribution < 1.29 is 4.74 Å². The Labute approximate surface area is 148 Å². The Kier molecular flexibility index (Phi) is 4.49. The van der Waals surface area contributed by atoms with E-state index >= 15 is 0 Å². The maximum Gasteiger partial charge on any atom is 0.129 e. The van der Waals surface area contributed by atoms with Gasteiger partial charge in [-0.05, 0) is 31.0 Å². The summed E-state index contributed by atoms with van der Waals surface area (Å²) < 4.78 is 10.6. The van der Waals surface area contributed by atoms with Crippen molar-refractivity contribution >= 4 is 10.9 Å². The van der Waals surface area contributed by atoms with Gasteiger partial charge in [-0.3, -0.25) is 0 Å². The van der Waals surface area contributed by atoms with Crippen molar-refractivity contribution in [3.8, 4) is 5.75 Å². The molecule has 0 unspecified atom stereocenters.